The fraction of sp³-hybridized carbons (Fsp3) is 1.00. The monoisotopic (exact) mass is 798 g/mol. The van der Waals surface area contributed by atoms with E-state index in [9.17, 15) is 0 Å². The van der Waals surface area contributed by atoms with Crippen molar-refractivity contribution in [1.29, 1.82) is 0 Å². The molecule has 0 aromatic heterocycles. The highest BCUT2D eigenvalue weighted by molar-refractivity contribution is 8.76. The molecule has 0 unspecified atom stereocenters. The van der Waals surface area contributed by atoms with E-state index in [-0.39, 0.29) is 10.3 Å². The smallest absolute Gasteiger partial charge is 0.374 e. The molecule has 0 amide bonds. The molecule has 0 spiro atoms. The van der Waals surface area contributed by atoms with Crippen LogP contribution in [-0.4, -0.2) is 126 Å². The van der Waals surface area contributed by atoms with E-state index in [4.69, 9.17) is 53.1 Å². The Kier molecular flexibility index (Phi) is 29.2. The maximum Gasteiger partial charge on any atom is 0.508 e. The molecule has 0 heterocycles. The van der Waals surface area contributed by atoms with Crippen LogP contribution >= 0.6 is 21.6 Å². The lowest BCUT2D eigenvalue weighted by molar-refractivity contribution is 0.0306. The first-order chi connectivity index (χ1) is 23.2. The lowest BCUT2D eigenvalue weighted by atomic mass is 10.6. The lowest BCUT2D eigenvalue weighted by Crippen LogP contribution is -2.64. The van der Waals surface area contributed by atoms with Gasteiger partial charge in [-0.05, 0) is 95.9 Å². The van der Waals surface area contributed by atoms with Crippen molar-refractivity contribution in [2.45, 2.75) is 106 Å². The molecule has 18 heteroatoms. The van der Waals surface area contributed by atoms with Crippen molar-refractivity contribution in [2.75, 3.05) is 90.8 Å². The van der Waals surface area contributed by atoms with Gasteiger partial charge in [0.05, 0.1) is 0 Å². The fourth-order valence-electron chi connectivity index (χ4n) is 5.71. The van der Waals surface area contributed by atoms with Crippen LogP contribution in [0.4, 0.5) is 0 Å². The zero-order valence-corrected chi connectivity index (χ0v) is 37.8. The van der Waals surface area contributed by atoms with E-state index in [1.807, 2.05) is 83.1 Å². The minimum absolute atomic E-state index is 0.284. The molecular weight excluding hydrogens is 729 g/mol. The Morgan fingerprint density at radius 1 is 0.292 bits per heavy atom. The van der Waals surface area contributed by atoms with Crippen LogP contribution in [0.1, 0.15) is 95.9 Å². The van der Waals surface area contributed by atoms with E-state index in [0.29, 0.717) is 92.1 Å². The molecular formula is C30H70O12S2Si4. The van der Waals surface area contributed by atoms with Crippen molar-refractivity contribution in [1.82, 2.24) is 0 Å². The molecule has 290 valence electrons. The topological polar surface area (TPSA) is 111 Å². The Balaban J connectivity index is 6.44. The first-order valence-corrected chi connectivity index (χ1v) is 27.8. The van der Waals surface area contributed by atoms with Gasteiger partial charge in [-0.3, -0.25) is 0 Å². The van der Waals surface area contributed by atoms with E-state index < -0.39 is 35.2 Å². The van der Waals surface area contributed by atoms with Gasteiger partial charge in [-0.25, -0.2) is 0 Å². The van der Waals surface area contributed by atoms with E-state index in [2.05, 4.69) is 0 Å². The van der Waals surface area contributed by atoms with Crippen LogP contribution in [0.25, 0.3) is 0 Å². The first-order valence-electron chi connectivity index (χ1n) is 18.1. The van der Waals surface area contributed by atoms with E-state index in [1.54, 1.807) is 21.6 Å². The summed E-state index contributed by atoms with van der Waals surface area (Å²) < 4.78 is 77.3. The van der Waals surface area contributed by atoms with Crippen molar-refractivity contribution >= 4 is 56.8 Å². The SMILES string of the molecule is CCO[Si](OCC)(OCC)C(CCSSCCC([Si](OCC)(OCC)OCC)[Si](OCC)(OCC)OCC)[Si](OCC)(OCC)OCC. The Hall–Kier alpha value is 1.09. The largest absolute Gasteiger partial charge is 0.508 e. The van der Waals surface area contributed by atoms with Crippen LogP contribution in [0.2, 0.25) is 10.3 Å². The van der Waals surface area contributed by atoms with Crippen LogP contribution in [0.15, 0.2) is 0 Å². The summed E-state index contributed by atoms with van der Waals surface area (Å²) in [6.45, 7) is 29.1. The summed E-state index contributed by atoms with van der Waals surface area (Å²) in [6, 6.07) is 0. The molecule has 0 fully saturated rings. The second kappa shape index (κ2) is 28.6. The molecule has 0 radical (unpaired) electrons. The van der Waals surface area contributed by atoms with Crippen molar-refractivity contribution in [3.63, 3.8) is 0 Å². The third-order valence-electron chi connectivity index (χ3n) is 6.92. The average molecular weight is 799 g/mol. The van der Waals surface area contributed by atoms with E-state index in [0.717, 1.165) is 11.5 Å². The van der Waals surface area contributed by atoms with Crippen molar-refractivity contribution in [2.24, 2.45) is 0 Å². The summed E-state index contributed by atoms with van der Waals surface area (Å²) in [5.74, 6) is 1.56. The molecule has 0 aromatic carbocycles. The molecule has 0 saturated carbocycles. The summed E-state index contributed by atoms with van der Waals surface area (Å²) in [4.78, 5) is 0. The third kappa shape index (κ3) is 14.8. The molecule has 12 nitrogen and oxygen atoms in total. The minimum atomic E-state index is -3.29. The van der Waals surface area contributed by atoms with Gasteiger partial charge in [0.2, 0.25) is 0 Å². The molecule has 0 atom stereocenters. The van der Waals surface area contributed by atoms with Crippen LogP contribution in [0.3, 0.4) is 0 Å². The van der Waals surface area contributed by atoms with E-state index >= 15 is 0 Å². The highest BCUT2D eigenvalue weighted by Gasteiger charge is 2.66. The summed E-state index contributed by atoms with van der Waals surface area (Å²) >= 11 is 0. The summed E-state index contributed by atoms with van der Waals surface area (Å²) in [6.07, 6.45) is 1.37. The van der Waals surface area contributed by atoms with Gasteiger partial charge < -0.3 is 53.1 Å². The Labute approximate surface area is 305 Å². The number of hydrogen-bond acceptors (Lipinski definition) is 14. The van der Waals surface area contributed by atoms with Crippen LogP contribution < -0.4 is 0 Å². The highest BCUT2D eigenvalue weighted by Crippen LogP contribution is 2.44. The van der Waals surface area contributed by atoms with Gasteiger partial charge in [0, 0.05) is 90.8 Å². The molecule has 48 heavy (non-hydrogen) atoms. The Morgan fingerprint density at radius 2 is 0.438 bits per heavy atom. The first kappa shape index (κ1) is 49.1. The van der Waals surface area contributed by atoms with Crippen LogP contribution in [0, 0.1) is 0 Å². The van der Waals surface area contributed by atoms with Gasteiger partial charge in [-0.2, -0.15) is 0 Å². The third-order valence-corrected chi connectivity index (χ3v) is 26.5. The van der Waals surface area contributed by atoms with Crippen molar-refractivity contribution in [3.8, 4) is 0 Å². The van der Waals surface area contributed by atoms with Crippen LogP contribution in [-0.2, 0) is 53.1 Å². The van der Waals surface area contributed by atoms with E-state index in [1.165, 1.54) is 0 Å². The molecule has 0 saturated heterocycles. The second-order valence-electron chi connectivity index (χ2n) is 9.94. The van der Waals surface area contributed by atoms with Crippen molar-refractivity contribution in [3.05, 3.63) is 0 Å². The lowest BCUT2D eigenvalue weighted by Gasteiger charge is -2.42. The quantitative estimate of drug-likeness (QED) is 0.0367. The zero-order chi connectivity index (χ0) is 36.4. The summed E-state index contributed by atoms with van der Waals surface area (Å²) in [5.41, 5.74) is 0. The second-order valence-corrected chi connectivity index (χ2v) is 24.9. The summed E-state index contributed by atoms with van der Waals surface area (Å²) in [7, 11) is -9.59. The van der Waals surface area contributed by atoms with Gasteiger partial charge in [-0.15, -0.1) is 0 Å². The highest BCUT2D eigenvalue weighted by atomic mass is 33.1. The molecule has 0 aliphatic carbocycles. The molecule has 0 bridgehead atoms. The maximum atomic E-state index is 6.44. The number of hydrogen-bond donors (Lipinski definition) is 0. The number of rotatable bonds is 35. The Bertz CT molecular complexity index is 589. The maximum absolute atomic E-state index is 6.44. The molecule has 0 aliphatic heterocycles. The van der Waals surface area contributed by atoms with Gasteiger partial charge in [0.15, 0.2) is 0 Å². The minimum Gasteiger partial charge on any atom is -0.374 e. The normalized spacial score (nSPS) is 13.4. The van der Waals surface area contributed by atoms with Crippen molar-refractivity contribution < 1.29 is 53.1 Å². The zero-order valence-electron chi connectivity index (χ0n) is 32.2. The fourth-order valence-corrected chi connectivity index (χ4v) is 25.4. The molecule has 0 aliphatic rings. The standard InChI is InChI=1S/C30H70O12S2Si4/c1-13-31-45(32-14-2,33-15-3)29(46(34-16-4,35-17-5)36-18-6)25-27-43-44-28-26-30(47(37-19-7,38-20-8)39-21-9)48(40-22-10,41-23-11)42-24-12/h29-30H,13-28H2,1-12H3. The predicted molar refractivity (Wildman–Crippen MR) is 204 cm³/mol. The predicted octanol–water partition coefficient (Wildman–Crippen LogP) is 7.16. The summed E-state index contributed by atoms with van der Waals surface area (Å²) in [5, 5.41) is -0.568. The molecule has 0 N–H and O–H groups in total. The molecule has 0 rings (SSSR count). The van der Waals surface area contributed by atoms with Gasteiger partial charge in [0.25, 0.3) is 0 Å². The van der Waals surface area contributed by atoms with Gasteiger partial charge >= 0.3 is 35.2 Å². The Morgan fingerprint density at radius 3 is 0.562 bits per heavy atom. The van der Waals surface area contributed by atoms with Gasteiger partial charge in [-0.1, -0.05) is 21.6 Å². The molecule has 0 aromatic rings. The van der Waals surface area contributed by atoms with Crippen LogP contribution in [0.5, 0.6) is 0 Å². The average Bonchev–Trinajstić information content (AvgIpc) is 3.03. The van der Waals surface area contributed by atoms with Gasteiger partial charge in [0.1, 0.15) is 10.3 Å².